The molecule has 0 aromatic heterocycles. The van der Waals surface area contributed by atoms with Gasteiger partial charge in [0.15, 0.2) is 0 Å². The number of amides is 3. The highest BCUT2D eigenvalue weighted by atomic mass is 16.6. The van der Waals surface area contributed by atoms with Crippen LogP contribution in [0.4, 0.5) is 16.2 Å². The number of nitro benzene ring substituents is 1. The fourth-order valence-electron chi connectivity index (χ4n) is 1.97. The predicted molar refractivity (Wildman–Crippen MR) is 88.8 cm³/mol. The number of urea groups is 1. The van der Waals surface area contributed by atoms with Crippen molar-refractivity contribution in [3.63, 3.8) is 0 Å². The van der Waals surface area contributed by atoms with E-state index in [4.69, 9.17) is 0 Å². The van der Waals surface area contributed by atoms with Crippen LogP contribution in [0.1, 0.15) is 15.9 Å². The number of anilines is 1. The molecule has 0 unspecified atom stereocenters. The molecule has 0 aliphatic rings. The van der Waals surface area contributed by atoms with Gasteiger partial charge in [0, 0.05) is 37.0 Å². The molecule has 3 amide bonds. The second kappa shape index (κ2) is 7.73. The van der Waals surface area contributed by atoms with Crippen LogP contribution in [0.5, 0.6) is 0 Å². The number of non-ortho nitro benzene ring substituents is 1. The van der Waals surface area contributed by atoms with Gasteiger partial charge in [-0.15, -0.1) is 0 Å². The van der Waals surface area contributed by atoms with Gasteiger partial charge in [0.2, 0.25) is 0 Å². The van der Waals surface area contributed by atoms with E-state index in [1.54, 1.807) is 37.4 Å². The Morgan fingerprint density at radius 3 is 2.46 bits per heavy atom. The number of nitrogens with zero attached hydrogens (tertiary/aromatic N) is 1. The van der Waals surface area contributed by atoms with Crippen LogP contribution in [-0.4, -0.2) is 23.9 Å². The summed E-state index contributed by atoms with van der Waals surface area (Å²) < 4.78 is 0. The van der Waals surface area contributed by atoms with Gasteiger partial charge in [0.25, 0.3) is 11.6 Å². The van der Waals surface area contributed by atoms with E-state index in [0.717, 1.165) is 5.56 Å². The molecule has 0 fully saturated rings. The van der Waals surface area contributed by atoms with Gasteiger partial charge in [-0.05, 0) is 23.8 Å². The van der Waals surface area contributed by atoms with Crippen molar-refractivity contribution >= 4 is 23.3 Å². The summed E-state index contributed by atoms with van der Waals surface area (Å²) in [6.45, 7) is 0.259. The summed E-state index contributed by atoms with van der Waals surface area (Å²) in [4.78, 5) is 33.4. The number of carbonyl (C=O) groups is 2. The van der Waals surface area contributed by atoms with Gasteiger partial charge in [-0.25, -0.2) is 4.79 Å². The van der Waals surface area contributed by atoms with Gasteiger partial charge >= 0.3 is 6.03 Å². The van der Waals surface area contributed by atoms with Gasteiger partial charge in [-0.3, -0.25) is 14.9 Å². The number of benzene rings is 2. The van der Waals surface area contributed by atoms with E-state index in [-0.39, 0.29) is 18.1 Å². The first-order chi connectivity index (χ1) is 11.5. The van der Waals surface area contributed by atoms with Crippen LogP contribution in [0.15, 0.2) is 48.5 Å². The average Bonchev–Trinajstić information content (AvgIpc) is 2.60. The monoisotopic (exact) mass is 328 g/mol. The quantitative estimate of drug-likeness (QED) is 0.577. The largest absolute Gasteiger partial charge is 0.355 e. The van der Waals surface area contributed by atoms with Crippen molar-refractivity contribution in [2.24, 2.45) is 0 Å². The molecule has 0 aliphatic carbocycles. The maximum Gasteiger partial charge on any atom is 0.319 e. The van der Waals surface area contributed by atoms with E-state index in [1.807, 2.05) is 0 Å². The van der Waals surface area contributed by atoms with E-state index in [0.29, 0.717) is 11.3 Å². The summed E-state index contributed by atoms with van der Waals surface area (Å²) in [7, 11) is 1.55. The first kappa shape index (κ1) is 16.9. The van der Waals surface area contributed by atoms with Gasteiger partial charge in [-0.1, -0.05) is 18.2 Å². The zero-order valence-electron chi connectivity index (χ0n) is 12.9. The third kappa shape index (κ3) is 4.54. The maximum absolute atomic E-state index is 11.8. The second-order valence-electron chi connectivity index (χ2n) is 4.89. The van der Waals surface area contributed by atoms with Crippen molar-refractivity contribution in [1.29, 1.82) is 0 Å². The molecule has 0 saturated heterocycles. The molecule has 0 heterocycles. The van der Waals surface area contributed by atoms with E-state index >= 15 is 0 Å². The molecule has 8 nitrogen and oxygen atoms in total. The number of rotatable bonds is 5. The minimum Gasteiger partial charge on any atom is -0.355 e. The first-order valence-corrected chi connectivity index (χ1v) is 7.10. The van der Waals surface area contributed by atoms with Crippen molar-refractivity contribution in [2.75, 3.05) is 12.4 Å². The Morgan fingerprint density at radius 2 is 1.83 bits per heavy atom. The lowest BCUT2D eigenvalue weighted by molar-refractivity contribution is -0.384. The normalized spacial score (nSPS) is 9.88. The lowest BCUT2D eigenvalue weighted by Gasteiger charge is -2.08. The maximum atomic E-state index is 11.8. The van der Waals surface area contributed by atoms with Crippen LogP contribution >= 0.6 is 0 Å². The summed E-state index contributed by atoms with van der Waals surface area (Å²) in [6.07, 6.45) is 0. The Hall–Kier alpha value is -3.42. The smallest absolute Gasteiger partial charge is 0.319 e. The predicted octanol–water partition coefficient (Wildman–Crippen LogP) is 2.28. The number of carbonyl (C=O) groups excluding carboxylic acids is 2. The van der Waals surface area contributed by atoms with Crippen LogP contribution in [0.2, 0.25) is 0 Å². The highest BCUT2D eigenvalue weighted by Crippen LogP contribution is 2.16. The van der Waals surface area contributed by atoms with Crippen molar-refractivity contribution in [3.8, 4) is 0 Å². The number of nitro groups is 1. The zero-order valence-corrected chi connectivity index (χ0v) is 12.9. The van der Waals surface area contributed by atoms with Crippen LogP contribution in [-0.2, 0) is 6.54 Å². The van der Waals surface area contributed by atoms with E-state index in [2.05, 4.69) is 16.0 Å². The summed E-state index contributed by atoms with van der Waals surface area (Å²) in [5, 5.41) is 18.4. The van der Waals surface area contributed by atoms with Gasteiger partial charge in [-0.2, -0.15) is 0 Å². The van der Waals surface area contributed by atoms with Gasteiger partial charge < -0.3 is 16.0 Å². The van der Waals surface area contributed by atoms with E-state index < -0.39 is 11.0 Å². The molecule has 0 bridgehead atoms. The molecule has 2 rings (SSSR count). The van der Waals surface area contributed by atoms with Gasteiger partial charge in [0.1, 0.15) is 0 Å². The zero-order chi connectivity index (χ0) is 17.5. The minimum atomic E-state index is -0.531. The van der Waals surface area contributed by atoms with E-state index in [1.165, 1.54) is 18.2 Å². The molecular weight excluding hydrogens is 312 g/mol. The average molecular weight is 328 g/mol. The topological polar surface area (TPSA) is 113 Å². The molecule has 8 heteroatoms. The van der Waals surface area contributed by atoms with Gasteiger partial charge in [0.05, 0.1) is 4.92 Å². The highest BCUT2D eigenvalue weighted by molar-refractivity contribution is 5.94. The Kier molecular flexibility index (Phi) is 5.45. The molecule has 124 valence electrons. The van der Waals surface area contributed by atoms with Crippen molar-refractivity contribution in [2.45, 2.75) is 6.54 Å². The Bertz CT molecular complexity index is 759. The van der Waals surface area contributed by atoms with E-state index in [9.17, 15) is 19.7 Å². The third-order valence-corrected chi connectivity index (χ3v) is 3.21. The lowest BCUT2D eigenvalue weighted by Crippen LogP contribution is -2.28. The molecule has 0 saturated carbocycles. The van der Waals surface area contributed by atoms with Crippen molar-refractivity contribution in [1.82, 2.24) is 10.6 Å². The second-order valence-corrected chi connectivity index (χ2v) is 4.89. The SMILES string of the molecule is CNC(=O)c1ccc(CNC(=O)Nc2cccc([N+](=O)[O-])c2)cc1. The first-order valence-electron chi connectivity index (χ1n) is 7.10. The minimum absolute atomic E-state index is 0.0995. The lowest BCUT2D eigenvalue weighted by atomic mass is 10.1. The molecule has 0 spiro atoms. The fourth-order valence-corrected chi connectivity index (χ4v) is 1.97. The van der Waals surface area contributed by atoms with Crippen LogP contribution < -0.4 is 16.0 Å². The van der Waals surface area contributed by atoms with Crippen LogP contribution in [0, 0.1) is 10.1 Å². The molecule has 0 aliphatic heterocycles. The molecule has 0 radical (unpaired) electrons. The molecule has 2 aromatic rings. The Balaban J connectivity index is 1.90. The number of nitrogens with one attached hydrogen (secondary N) is 3. The van der Waals surface area contributed by atoms with Crippen molar-refractivity contribution in [3.05, 3.63) is 69.8 Å². The third-order valence-electron chi connectivity index (χ3n) is 3.21. The fraction of sp³-hybridized carbons (Fsp3) is 0.125. The molecule has 0 atom stereocenters. The molecular formula is C16H16N4O4. The Labute approximate surface area is 138 Å². The number of hydrogen-bond acceptors (Lipinski definition) is 4. The van der Waals surface area contributed by atoms with Crippen LogP contribution in [0.3, 0.4) is 0 Å². The highest BCUT2D eigenvalue weighted by Gasteiger charge is 2.08. The molecule has 3 N–H and O–H groups in total. The summed E-state index contributed by atoms with van der Waals surface area (Å²) in [6, 6.07) is 12.0. The van der Waals surface area contributed by atoms with Crippen molar-refractivity contribution < 1.29 is 14.5 Å². The summed E-state index contributed by atoms with van der Waals surface area (Å²) in [5.74, 6) is -0.182. The Morgan fingerprint density at radius 1 is 1.12 bits per heavy atom. The molecule has 24 heavy (non-hydrogen) atoms. The standard InChI is InChI=1S/C16H16N4O4/c1-17-15(21)12-7-5-11(6-8-12)10-18-16(22)19-13-3-2-4-14(9-13)20(23)24/h2-9H,10H2,1H3,(H,17,21)(H2,18,19,22). The summed E-state index contributed by atoms with van der Waals surface area (Å²) >= 11 is 0. The van der Waals surface area contributed by atoms with Crippen LogP contribution in [0.25, 0.3) is 0 Å². The number of hydrogen-bond donors (Lipinski definition) is 3. The molecule has 2 aromatic carbocycles. The summed E-state index contributed by atoms with van der Waals surface area (Å²) in [5.41, 5.74) is 1.58.